The Kier molecular flexibility index (Phi) is 3.74. The van der Waals surface area contributed by atoms with Gasteiger partial charge in [-0.05, 0) is 39.2 Å². The molecule has 2 heterocycles. The second kappa shape index (κ2) is 5.19. The van der Waals surface area contributed by atoms with E-state index in [2.05, 4.69) is 10.2 Å². The van der Waals surface area contributed by atoms with Crippen molar-refractivity contribution in [3.05, 3.63) is 23.0 Å². The molecule has 1 aromatic rings. The zero-order chi connectivity index (χ0) is 14.9. The molecule has 0 saturated carbocycles. The fraction of sp³-hybridized carbons (Fsp3) is 0.571. The van der Waals surface area contributed by atoms with Crippen LogP contribution in [0, 0.1) is 6.92 Å². The number of amides is 1. The summed E-state index contributed by atoms with van der Waals surface area (Å²) in [6.45, 7) is 5.74. The predicted octanol–water partition coefficient (Wildman–Crippen LogP) is 1.43. The van der Waals surface area contributed by atoms with E-state index in [1.54, 1.807) is 19.9 Å². The number of hydrogen-bond acceptors (Lipinski definition) is 4. The van der Waals surface area contributed by atoms with Gasteiger partial charge in [-0.3, -0.25) is 4.79 Å². The number of hydrogen-bond donors (Lipinski definition) is 1. The Labute approximate surface area is 117 Å². The topological polar surface area (TPSA) is 83.4 Å². The first-order chi connectivity index (χ1) is 9.40. The smallest absolute Gasteiger partial charge is 0.329 e. The van der Waals surface area contributed by atoms with E-state index in [-0.39, 0.29) is 5.91 Å². The SMILES string of the molecule is CCc1nnc(C)cc1C(=O)N1CCCC1(C)C(=O)O. The standard InChI is InChI=1S/C14H19N3O3/c1-4-11-10(8-9(2)15-16-11)12(18)17-7-5-6-14(17,3)13(19)20/h8H,4-7H2,1-3H3,(H,19,20). The van der Waals surface area contributed by atoms with Crippen molar-refractivity contribution in [3.63, 3.8) is 0 Å². The quantitative estimate of drug-likeness (QED) is 0.903. The van der Waals surface area contributed by atoms with Gasteiger partial charge in [-0.25, -0.2) is 4.79 Å². The molecule has 1 amide bonds. The monoisotopic (exact) mass is 277 g/mol. The third-order valence-corrected chi connectivity index (χ3v) is 3.90. The molecule has 0 radical (unpaired) electrons. The van der Waals surface area contributed by atoms with Gasteiger partial charge < -0.3 is 10.0 Å². The molecule has 1 atom stereocenters. The van der Waals surface area contributed by atoms with Crippen molar-refractivity contribution in [2.45, 2.75) is 45.6 Å². The maximum absolute atomic E-state index is 12.7. The van der Waals surface area contributed by atoms with E-state index in [0.717, 1.165) is 0 Å². The molecule has 1 saturated heterocycles. The van der Waals surface area contributed by atoms with Crippen molar-refractivity contribution in [2.75, 3.05) is 6.54 Å². The fourth-order valence-corrected chi connectivity index (χ4v) is 2.62. The molecule has 6 nitrogen and oxygen atoms in total. The molecule has 0 bridgehead atoms. The van der Waals surface area contributed by atoms with E-state index in [1.807, 2.05) is 6.92 Å². The van der Waals surface area contributed by atoms with Crippen LogP contribution < -0.4 is 0 Å². The Morgan fingerprint density at radius 2 is 2.15 bits per heavy atom. The van der Waals surface area contributed by atoms with Gasteiger partial charge in [0.15, 0.2) is 0 Å². The molecule has 0 spiro atoms. The van der Waals surface area contributed by atoms with E-state index in [0.29, 0.717) is 42.8 Å². The summed E-state index contributed by atoms with van der Waals surface area (Å²) in [4.78, 5) is 25.6. The lowest BCUT2D eigenvalue weighted by molar-refractivity contribution is -0.147. The lowest BCUT2D eigenvalue weighted by atomic mass is 9.98. The van der Waals surface area contributed by atoms with Crippen molar-refractivity contribution in [3.8, 4) is 0 Å². The first-order valence-electron chi connectivity index (χ1n) is 6.78. The molecule has 1 aliphatic rings. The Bertz CT molecular complexity index is 559. The van der Waals surface area contributed by atoms with Crippen molar-refractivity contribution in [2.24, 2.45) is 0 Å². The second-order valence-corrected chi connectivity index (χ2v) is 5.34. The highest BCUT2D eigenvalue weighted by atomic mass is 16.4. The lowest BCUT2D eigenvalue weighted by Gasteiger charge is -2.31. The van der Waals surface area contributed by atoms with Crippen molar-refractivity contribution >= 4 is 11.9 Å². The summed E-state index contributed by atoms with van der Waals surface area (Å²) >= 11 is 0. The van der Waals surface area contributed by atoms with Crippen LogP contribution in [0.2, 0.25) is 0 Å². The third-order valence-electron chi connectivity index (χ3n) is 3.90. The number of aliphatic carboxylic acids is 1. The molecule has 108 valence electrons. The van der Waals surface area contributed by atoms with Crippen LogP contribution in [0.15, 0.2) is 6.07 Å². The highest BCUT2D eigenvalue weighted by Crippen LogP contribution is 2.31. The molecule has 1 aliphatic heterocycles. The molecular formula is C14H19N3O3. The van der Waals surface area contributed by atoms with Crippen LogP contribution in [0.3, 0.4) is 0 Å². The normalized spacial score (nSPS) is 22.1. The lowest BCUT2D eigenvalue weighted by Crippen LogP contribution is -2.51. The summed E-state index contributed by atoms with van der Waals surface area (Å²) in [5.41, 5.74) is 0.607. The summed E-state index contributed by atoms with van der Waals surface area (Å²) in [5, 5.41) is 17.4. The minimum Gasteiger partial charge on any atom is -0.480 e. The maximum atomic E-state index is 12.7. The molecule has 0 aliphatic carbocycles. The largest absolute Gasteiger partial charge is 0.480 e. The Morgan fingerprint density at radius 1 is 1.45 bits per heavy atom. The van der Waals surface area contributed by atoms with E-state index < -0.39 is 11.5 Å². The average molecular weight is 277 g/mol. The number of carboxylic acids is 1. The maximum Gasteiger partial charge on any atom is 0.329 e. The van der Waals surface area contributed by atoms with Crippen molar-refractivity contribution < 1.29 is 14.7 Å². The van der Waals surface area contributed by atoms with Crippen LogP contribution in [0.5, 0.6) is 0 Å². The zero-order valence-electron chi connectivity index (χ0n) is 12.0. The Balaban J connectivity index is 2.41. The first-order valence-corrected chi connectivity index (χ1v) is 6.78. The summed E-state index contributed by atoms with van der Waals surface area (Å²) in [6.07, 6.45) is 1.77. The van der Waals surface area contributed by atoms with Gasteiger partial charge in [0.2, 0.25) is 0 Å². The van der Waals surface area contributed by atoms with Gasteiger partial charge in [0, 0.05) is 6.54 Å². The molecule has 1 aromatic heterocycles. The number of carbonyl (C=O) groups excluding carboxylic acids is 1. The summed E-state index contributed by atoms with van der Waals surface area (Å²) in [7, 11) is 0. The Hall–Kier alpha value is -1.98. The average Bonchev–Trinajstić information content (AvgIpc) is 2.81. The van der Waals surface area contributed by atoms with Gasteiger partial charge in [0.05, 0.1) is 17.0 Å². The number of aromatic nitrogens is 2. The molecule has 1 N–H and O–H groups in total. The molecule has 2 rings (SSSR count). The minimum atomic E-state index is -1.13. The molecular weight excluding hydrogens is 258 g/mol. The van der Waals surface area contributed by atoms with Gasteiger partial charge in [0.1, 0.15) is 5.54 Å². The number of likely N-dealkylation sites (tertiary alicyclic amines) is 1. The second-order valence-electron chi connectivity index (χ2n) is 5.34. The number of nitrogens with zero attached hydrogens (tertiary/aromatic N) is 3. The number of rotatable bonds is 3. The summed E-state index contributed by atoms with van der Waals surface area (Å²) in [5.74, 6) is -1.22. The Morgan fingerprint density at radius 3 is 2.75 bits per heavy atom. The third kappa shape index (κ3) is 2.26. The molecule has 6 heteroatoms. The van der Waals surface area contributed by atoms with Crippen LogP contribution in [-0.4, -0.2) is 44.2 Å². The van der Waals surface area contributed by atoms with E-state index in [1.165, 1.54) is 4.90 Å². The van der Waals surface area contributed by atoms with Gasteiger partial charge in [-0.15, -0.1) is 0 Å². The minimum absolute atomic E-state index is 0.262. The first kappa shape index (κ1) is 14.4. The van der Waals surface area contributed by atoms with E-state index in [9.17, 15) is 14.7 Å². The van der Waals surface area contributed by atoms with Crippen LogP contribution in [0.4, 0.5) is 0 Å². The van der Waals surface area contributed by atoms with Gasteiger partial charge >= 0.3 is 5.97 Å². The van der Waals surface area contributed by atoms with Crippen LogP contribution in [0.25, 0.3) is 0 Å². The zero-order valence-corrected chi connectivity index (χ0v) is 12.0. The number of carboxylic acid groups (broad SMARTS) is 1. The number of aryl methyl sites for hydroxylation is 2. The van der Waals surface area contributed by atoms with Crippen LogP contribution in [-0.2, 0) is 11.2 Å². The van der Waals surface area contributed by atoms with Crippen molar-refractivity contribution in [1.29, 1.82) is 0 Å². The van der Waals surface area contributed by atoms with Crippen molar-refractivity contribution in [1.82, 2.24) is 15.1 Å². The molecule has 1 unspecified atom stereocenters. The molecule has 0 aromatic carbocycles. The molecule has 20 heavy (non-hydrogen) atoms. The van der Waals surface area contributed by atoms with Gasteiger partial charge in [0.25, 0.3) is 5.91 Å². The molecule has 1 fully saturated rings. The highest BCUT2D eigenvalue weighted by Gasteiger charge is 2.46. The summed E-state index contributed by atoms with van der Waals surface area (Å²) in [6, 6.07) is 1.69. The van der Waals surface area contributed by atoms with Gasteiger partial charge in [-0.2, -0.15) is 10.2 Å². The fourth-order valence-electron chi connectivity index (χ4n) is 2.62. The number of carbonyl (C=O) groups is 2. The van der Waals surface area contributed by atoms with Gasteiger partial charge in [-0.1, -0.05) is 6.92 Å². The highest BCUT2D eigenvalue weighted by molar-refractivity contribution is 5.99. The van der Waals surface area contributed by atoms with E-state index in [4.69, 9.17) is 0 Å². The van der Waals surface area contributed by atoms with Crippen LogP contribution >= 0.6 is 0 Å². The van der Waals surface area contributed by atoms with Crippen LogP contribution in [0.1, 0.15) is 48.4 Å². The predicted molar refractivity (Wildman–Crippen MR) is 72.5 cm³/mol. The summed E-state index contributed by atoms with van der Waals surface area (Å²) < 4.78 is 0. The van der Waals surface area contributed by atoms with E-state index >= 15 is 0 Å².